The van der Waals surface area contributed by atoms with E-state index in [0.29, 0.717) is 29.9 Å². The van der Waals surface area contributed by atoms with Gasteiger partial charge in [-0.25, -0.2) is 13.5 Å². The number of carbonyl (C=O) groups excluding carboxylic acids is 1. The van der Waals surface area contributed by atoms with Crippen LogP contribution < -0.4 is 5.56 Å². The van der Waals surface area contributed by atoms with Crippen LogP contribution in [0.5, 0.6) is 5.75 Å². The van der Waals surface area contributed by atoms with Gasteiger partial charge in [0.05, 0.1) is 17.8 Å². The Bertz CT molecular complexity index is 1170. The number of aromatic hydroxyl groups is 1. The first-order chi connectivity index (χ1) is 12.8. The van der Waals surface area contributed by atoms with Crippen molar-refractivity contribution in [2.75, 3.05) is 13.6 Å². The summed E-state index contributed by atoms with van der Waals surface area (Å²) in [4.78, 5) is 26.8. The maximum absolute atomic E-state index is 13.4. The third-order valence-corrected chi connectivity index (χ3v) is 4.82. The fraction of sp³-hybridized carbons (Fsp3) is 0.278. The summed E-state index contributed by atoms with van der Waals surface area (Å²) in [7, 11) is 1.62. The highest BCUT2D eigenvalue weighted by molar-refractivity contribution is 6.04. The minimum absolute atomic E-state index is 0.00346. The Morgan fingerprint density at radius 3 is 2.63 bits per heavy atom. The standard InChI is InChI=1S/C18H16F2N4O3/c1-9-14-13(16(25)15-18(27)22(2)5-6-23(14)15)17(26)24(21-9)8-10-3-4-11(19)12(20)7-10/h3-4,7,25H,5-6,8H2,1-2H3. The Hall–Kier alpha value is -3.23. The van der Waals surface area contributed by atoms with Gasteiger partial charge in [-0.15, -0.1) is 0 Å². The van der Waals surface area contributed by atoms with Gasteiger partial charge in [-0.1, -0.05) is 6.07 Å². The molecule has 0 bridgehead atoms. The van der Waals surface area contributed by atoms with Crippen LogP contribution in [0.1, 0.15) is 21.7 Å². The first kappa shape index (κ1) is 17.2. The lowest BCUT2D eigenvalue weighted by atomic mass is 10.2. The van der Waals surface area contributed by atoms with E-state index in [1.807, 2.05) is 0 Å². The van der Waals surface area contributed by atoms with Crippen molar-refractivity contribution >= 4 is 16.8 Å². The molecule has 0 saturated heterocycles. The molecule has 0 aliphatic carbocycles. The quantitative estimate of drug-likeness (QED) is 0.739. The fourth-order valence-electron chi connectivity index (χ4n) is 3.48. The Morgan fingerprint density at radius 2 is 1.93 bits per heavy atom. The van der Waals surface area contributed by atoms with Crippen molar-refractivity contribution in [1.29, 1.82) is 0 Å². The van der Waals surface area contributed by atoms with Crippen molar-refractivity contribution in [3.63, 3.8) is 0 Å². The van der Waals surface area contributed by atoms with E-state index in [0.717, 1.165) is 16.8 Å². The Balaban J connectivity index is 1.91. The third-order valence-electron chi connectivity index (χ3n) is 4.82. The van der Waals surface area contributed by atoms with Gasteiger partial charge in [0.25, 0.3) is 11.5 Å². The van der Waals surface area contributed by atoms with Gasteiger partial charge < -0.3 is 14.6 Å². The van der Waals surface area contributed by atoms with E-state index in [1.54, 1.807) is 18.5 Å². The summed E-state index contributed by atoms with van der Waals surface area (Å²) in [6.07, 6.45) is 0. The van der Waals surface area contributed by atoms with E-state index in [2.05, 4.69) is 5.10 Å². The van der Waals surface area contributed by atoms with Crippen molar-refractivity contribution < 1.29 is 18.7 Å². The van der Waals surface area contributed by atoms with Crippen LogP contribution in [0.3, 0.4) is 0 Å². The van der Waals surface area contributed by atoms with Crippen LogP contribution in [0.4, 0.5) is 8.78 Å². The minimum Gasteiger partial charge on any atom is -0.505 e. The largest absolute Gasteiger partial charge is 0.505 e. The van der Waals surface area contributed by atoms with E-state index in [1.165, 1.54) is 11.0 Å². The Kier molecular flexibility index (Phi) is 3.76. The van der Waals surface area contributed by atoms with Crippen molar-refractivity contribution in [3.05, 3.63) is 57.1 Å². The normalized spacial score (nSPS) is 14.1. The lowest BCUT2D eigenvalue weighted by Gasteiger charge is -2.25. The number of likely N-dealkylation sites (N-methyl/N-ethyl adjacent to an activating group) is 1. The van der Waals surface area contributed by atoms with Crippen LogP contribution in [-0.2, 0) is 13.1 Å². The molecule has 1 aromatic carbocycles. The van der Waals surface area contributed by atoms with Gasteiger partial charge in [0.15, 0.2) is 23.1 Å². The molecular formula is C18H16F2N4O3. The average Bonchev–Trinajstić information content (AvgIpc) is 2.93. The van der Waals surface area contributed by atoms with E-state index in [9.17, 15) is 23.5 Å². The molecular weight excluding hydrogens is 358 g/mol. The lowest BCUT2D eigenvalue weighted by Crippen LogP contribution is -2.37. The fourth-order valence-corrected chi connectivity index (χ4v) is 3.48. The van der Waals surface area contributed by atoms with Crippen LogP contribution in [0.2, 0.25) is 0 Å². The van der Waals surface area contributed by atoms with Crippen LogP contribution in [0, 0.1) is 18.6 Å². The molecule has 27 heavy (non-hydrogen) atoms. The number of hydrogen-bond acceptors (Lipinski definition) is 4. The Labute approximate surface area is 152 Å². The second kappa shape index (κ2) is 5.90. The van der Waals surface area contributed by atoms with Crippen LogP contribution in [-0.4, -0.2) is 43.9 Å². The molecule has 3 aromatic rings. The number of hydrogen-bond donors (Lipinski definition) is 1. The molecule has 4 rings (SSSR count). The van der Waals surface area contributed by atoms with Crippen molar-refractivity contribution in [2.45, 2.75) is 20.0 Å². The van der Waals surface area contributed by atoms with Crippen molar-refractivity contribution in [2.24, 2.45) is 0 Å². The first-order valence-corrected chi connectivity index (χ1v) is 8.32. The summed E-state index contributed by atoms with van der Waals surface area (Å²) >= 11 is 0. The minimum atomic E-state index is -1.02. The summed E-state index contributed by atoms with van der Waals surface area (Å²) < 4.78 is 29.2. The average molecular weight is 374 g/mol. The van der Waals surface area contributed by atoms with E-state index >= 15 is 0 Å². The van der Waals surface area contributed by atoms with Crippen molar-refractivity contribution in [3.8, 4) is 5.75 Å². The smallest absolute Gasteiger partial charge is 0.280 e. The number of aromatic nitrogens is 3. The highest BCUT2D eigenvalue weighted by Crippen LogP contribution is 2.33. The molecule has 2 aromatic heterocycles. The molecule has 7 nitrogen and oxygen atoms in total. The number of rotatable bonds is 2. The van der Waals surface area contributed by atoms with Crippen molar-refractivity contribution in [1.82, 2.24) is 19.2 Å². The van der Waals surface area contributed by atoms with Gasteiger partial charge in [0.1, 0.15) is 5.39 Å². The zero-order valence-corrected chi connectivity index (χ0v) is 14.7. The molecule has 0 saturated carbocycles. The molecule has 3 heterocycles. The monoisotopic (exact) mass is 374 g/mol. The van der Waals surface area contributed by atoms with Gasteiger partial charge in [-0.3, -0.25) is 9.59 Å². The number of amides is 1. The van der Waals surface area contributed by atoms with Gasteiger partial charge in [0, 0.05) is 20.1 Å². The first-order valence-electron chi connectivity index (χ1n) is 8.32. The molecule has 0 atom stereocenters. The highest BCUT2D eigenvalue weighted by atomic mass is 19.2. The maximum atomic E-state index is 13.4. The molecule has 0 radical (unpaired) electrons. The van der Waals surface area contributed by atoms with Gasteiger partial charge in [-0.05, 0) is 24.6 Å². The molecule has 1 aliphatic heterocycles. The molecule has 9 heteroatoms. The highest BCUT2D eigenvalue weighted by Gasteiger charge is 2.31. The Morgan fingerprint density at radius 1 is 1.19 bits per heavy atom. The summed E-state index contributed by atoms with van der Waals surface area (Å²) in [5.41, 5.74) is 0.671. The van der Waals surface area contributed by atoms with E-state index in [4.69, 9.17) is 0 Å². The summed E-state index contributed by atoms with van der Waals surface area (Å²) in [5.74, 6) is -2.75. The number of halogens is 2. The molecule has 140 valence electrons. The van der Waals surface area contributed by atoms with E-state index in [-0.39, 0.29) is 29.3 Å². The molecule has 1 amide bonds. The molecule has 0 unspecified atom stereocenters. The van der Waals surface area contributed by atoms with Crippen LogP contribution in [0.15, 0.2) is 23.0 Å². The van der Waals surface area contributed by atoms with Gasteiger partial charge in [0.2, 0.25) is 0 Å². The number of aryl methyl sites for hydroxylation is 1. The third kappa shape index (κ3) is 2.49. The number of nitrogens with zero attached hydrogens (tertiary/aromatic N) is 4. The van der Waals surface area contributed by atoms with Gasteiger partial charge in [-0.2, -0.15) is 5.10 Å². The van der Waals surface area contributed by atoms with Crippen LogP contribution >= 0.6 is 0 Å². The topological polar surface area (TPSA) is 80.4 Å². The molecule has 0 spiro atoms. The number of benzene rings is 1. The second-order valence-electron chi connectivity index (χ2n) is 6.60. The van der Waals surface area contributed by atoms with Crippen LogP contribution in [0.25, 0.3) is 10.9 Å². The predicted molar refractivity (Wildman–Crippen MR) is 92.8 cm³/mol. The molecule has 1 aliphatic rings. The number of fused-ring (bicyclic) bond motifs is 3. The summed E-state index contributed by atoms with van der Waals surface area (Å²) in [6, 6.07) is 3.32. The SMILES string of the molecule is Cc1nn(Cc2ccc(F)c(F)c2)c(=O)c2c(O)c3n(c12)CCN(C)C3=O. The number of carbonyl (C=O) groups is 1. The zero-order valence-electron chi connectivity index (χ0n) is 14.7. The summed E-state index contributed by atoms with van der Waals surface area (Å²) in [6.45, 7) is 2.45. The summed E-state index contributed by atoms with van der Waals surface area (Å²) in [5, 5.41) is 14.8. The maximum Gasteiger partial charge on any atom is 0.280 e. The van der Waals surface area contributed by atoms with Gasteiger partial charge >= 0.3 is 0 Å². The second-order valence-corrected chi connectivity index (χ2v) is 6.60. The predicted octanol–water partition coefficient (Wildman–Crippen LogP) is 1.62. The molecule has 0 fully saturated rings. The zero-order chi connectivity index (χ0) is 19.5. The van der Waals surface area contributed by atoms with E-state index < -0.39 is 17.2 Å². The lowest BCUT2D eigenvalue weighted by molar-refractivity contribution is 0.0747. The molecule has 1 N–H and O–H groups in total.